The first-order valence-corrected chi connectivity index (χ1v) is 7.45. The van der Waals surface area contributed by atoms with Crippen molar-refractivity contribution in [2.24, 2.45) is 5.73 Å². The van der Waals surface area contributed by atoms with Crippen molar-refractivity contribution in [3.63, 3.8) is 0 Å². The normalized spacial score (nSPS) is 22.8. The Balaban J connectivity index is 2.09. The Morgan fingerprint density at radius 3 is 3.06 bits per heavy atom. The zero-order chi connectivity index (χ0) is 11.4. The summed E-state index contributed by atoms with van der Waals surface area (Å²) < 4.78 is 5.16. The van der Waals surface area contributed by atoms with Crippen LogP contribution in [0.1, 0.15) is 11.6 Å². The van der Waals surface area contributed by atoms with E-state index in [4.69, 9.17) is 10.5 Å². The monoisotopic (exact) mass is 256 g/mol. The average Bonchev–Trinajstić information content (AvgIpc) is 2.39. The molecule has 1 aliphatic heterocycles. The largest absolute Gasteiger partial charge is 0.495 e. The summed E-state index contributed by atoms with van der Waals surface area (Å²) in [6, 6.07) is 2.04. The van der Waals surface area contributed by atoms with Crippen LogP contribution >= 0.6 is 23.5 Å². The maximum Gasteiger partial charge on any atom is 0.137 e. The molecule has 1 aromatic rings. The fourth-order valence-corrected chi connectivity index (χ4v) is 4.46. The predicted molar refractivity (Wildman–Crippen MR) is 71.3 cm³/mol. The van der Waals surface area contributed by atoms with Crippen molar-refractivity contribution in [3.8, 4) is 5.75 Å². The zero-order valence-electron chi connectivity index (χ0n) is 9.26. The van der Waals surface area contributed by atoms with Crippen molar-refractivity contribution in [3.05, 3.63) is 24.0 Å². The molecule has 16 heavy (non-hydrogen) atoms. The van der Waals surface area contributed by atoms with Crippen LogP contribution in [0.25, 0.3) is 0 Å². The summed E-state index contributed by atoms with van der Waals surface area (Å²) in [5.41, 5.74) is 7.33. The third-order valence-electron chi connectivity index (χ3n) is 2.60. The van der Waals surface area contributed by atoms with E-state index < -0.39 is 0 Å². The summed E-state index contributed by atoms with van der Waals surface area (Å²) in [7, 11) is 1.65. The summed E-state index contributed by atoms with van der Waals surface area (Å²) in [5.74, 6) is 4.34. The van der Waals surface area contributed by atoms with Gasteiger partial charge in [0.1, 0.15) is 5.75 Å². The molecule has 2 atom stereocenters. The summed E-state index contributed by atoms with van der Waals surface area (Å²) in [5, 5.41) is 0.493. The maximum absolute atomic E-state index is 6.26. The van der Waals surface area contributed by atoms with Crippen LogP contribution in [0.3, 0.4) is 0 Å². The molecule has 1 saturated heterocycles. The second-order valence-electron chi connectivity index (χ2n) is 3.67. The first-order chi connectivity index (χ1) is 7.81. The number of hydrogen-bond donors (Lipinski definition) is 1. The molecule has 5 heteroatoms. The van der Waals surface area contributed by atoms with Gasteiger partial charge >= 0.3 is 0 Å². The molecule has 2 heterocycles. The fraction of sp³-hybridized carbons (Fsp3) is 0.545. The molecule has 0 amide bonds. The van der Waals surface area contributed by atoms with Gasteiger partial charge in [0.2, 0.25) is 0 Å². The van der Waals surface area contributed by atoms with Crippen LogP contribution in [-0.2, 0) is 0 Å². The third-order valence-corrected chi connectivity index (χ3v) is 5.48. The van der Waals surface area contributed by atoms with Gasteiger partial charge in [-0.3, -0.25) is 4.98 Å². The van der Waals surface area contributed by atoms with Gasteiger partial charge in [-0.15, -0.1) is 0 Å². The Labute approximate surface area is 105 Å². The Morgan fingerprint density at radius 1 is 1.50 bits per heavy atom. The second-order valence-corrected chi connectivity index (χ2v) is 6.16. The van der Waals surface area contributed by atoms with Gasteiger partial charge in [-0.05, 0) is 11.6 Å². The van der Waals surface area contributed by atoms with Crippen molar-refractivity contribution < 1.29 is 4.74 Å². The van der Waals surface area contributed by atoms with Gasteiger partial charge in [0.15, 0.2) is 0 Å². The molecule has 88 valence electrons. The molecule has 0 radical (unpaired) electrons. The lowest BCUT2D eigenvalue weighted by molar-refractivity contribution is 0.411. The van der Waals surface area contributed by atoms with E-state index in [9.17, 15) is 0 Å². The van der Waals surface area contributed by atoms with E-state index in [2.05, 4.69) is 4.98 Å². The predicted octanol–water partition coefficient (Wildman–Crippen LogP) is 1.94. The van der Waals surface area contributed by atoms with Gasteiger partial charge in [0.25, 0.3) is 0 Å². The number of ether oxygens (including phenoxy) is 1. The van der Waals surface area contributed by atoms with Crippen LogP contribution < -0.4 is 10.5 Å². The van der Waals surface area contributed by atoms with Crippen molar-refractivity contribution >= 4 is 23.5 Å². The number of rotatable bonds is 3. The van der Waals surface area contributed by atoms with Crippen molar-refractivity contribution in [2.45, 2.75) is 11.3 Å². The lowest BCUT2D eigenvalue weighted by Gasteiger charge is -2.26. The lowest BCUT2D eigenvalue weighted by Crippen LogP contribution is -2.28. The van der Waals surface area contributed by atoms with Crippen molar-refractivity contribution in [1.82, 2.24) is 4.98 Å². The number of methoxy groups -OCH3 is 1. The van der Waals surface area contributed by atoms with Gasteiger partial charge in [-0.25, -0.2) is 0 Å². The Bertz CT molecular complexity index is 343. The highest BCUT2D eigenvalue weighted by molar-refractivity contribution is 8.06. The van der Waals surface area contributed by atoms with Crippen molar-refractivity contribution in [2.75, 3.05) is 24.4 Å². The minimum Gasteiger partial charge on any atom is -0.495 e. The number of nitrogens with two attached hydrogens (primary N) is 1. The average molecular weight is 256 g/mol. The first kappa shape index (κ1) is 12.1. The van der Waals surface area contributed by atoms with Crippen LogP contribution in [0, 0.1) is 0 Å². The summed E-state index contributed by atoms with van der Waals surface area (Å²) in [6.07, 6.45) is 3.55. The third kappa shape index (κ3) is 2.84. The molecule has 0 bridgehead atoms. The van der Waals surface area contributed by atoms with Crippen LogP contribution in [0.5, 0.6) is 5.75 Å². The molecule has 2 rings (SSSR count). The van der Waals surface area contributed by atoms with E-state index >= 15 is 0 Å². The number of hydrogen-bond acceptors (Lipinski definition) is 5. The van der Waals surface area contributed by atoms with E-state index in [0.717, 1.165) is 17.1 Å². The Morgan fingerprint density at radius 2 is 2.38 bits per heavy atom. The molecule has 1 aliphatic rings. The highest BCUT2D eigenvalue weighted by Crippen LogP contribution is 2.32. The van der Waals surface area contributed by atoms with Crippen LogP contribution in [0.4, 0.5) is 0 Å². The number of thioether (sulfide) groups is 2. The highest BCUT2D eigenvalue weighted by Gasteiger charge is 2.23. The molecule has 3 nitrogen and oxygen atoms in total. The second kappa shape index (κ2) is 5.80. The van der Waals surface area contributed by atoms with Crippen molar-refractivity contribution in [1.29, 1.82) is 0 Å². The minimum absolute atomic E-state index is 0.0559. The quantitative estimate of drug-likeness (QED) is 0.895. The number of pyridine rings is 1. The first-order valence-electron chi connectivity index (χ1n) is 5.25. The summed E-state index contributed by atoms with van der Waals surface area (Å²) in [6.45, 7) is 0. The molecule has 0 spiro atoms. The highest BCUT2D eigenvalue weighted by atomic mass is 32.2. The van der Waals surface area contributed by atoms with E-state index in [1.54, 1.807) is 13.3 Å². The smallest absolute Gasteiger partial charge is 0.137 e. The summed E-state index contributed by atoms with van der Waals surface area (Å²) in [4.78, 5) is 4.15. The zero-order valence-corrected chi connectivity index (χ0v) is 10.9. The van der Waals surface area contributed by atoms with Gasteiger partial charge in [-0.1, -0.05) is 0 Å². The molecule has 2 N–H and O–H groups in total. The molecule has 0 aromatic carbocycles. The van der Waals surface area contributed by atoms with Gasteiger partial charge in [0, 0.05) is 34.7 Å². The Hall–Kier alpha value is -0.390. The van der Waals surface area contributed by atoms with E-state index in [0.29, 0.717) is 5.25 Å². The molecule has 0 saturated carbocycles. The standard InChI is InChI=1S/C11H16N2OS2/c1-14-9-4-8(5-13-6-9)11(12)10-7-15-2-3-16-10/h4-6,10-11H,2-3,7,12H2,1H3. The summed E-state index contributed by atoms with van der Waals surface area (Å²) >= 11 is 3.95. The van der Waals surface area contributed by atoms with E-state index in [-0.39, 0.29) is 6.04 Å². The SMILES string of the molecule is COc1cncc(C(N)C2CSCCS2)c1. The number of aromatic nitrogens is 1. The van der Waals surface area contributed by atoms with Crippen LogP contribution in [0.15, 0.2) is 18.5 Å². The molecule has 1 fully saturated rings. The maximum atomic E-state index is 6.26. The van der Waals surface area contributed by atoms with Crippen LogP contribution in [0.2, 0.25) is 0 Å². The van der Waals surface area contributed by atoms with E-state index in [1.165, 1.54) is 11.5 Å². The number of nitrogens with zero attached hydrogens (tertiary/aromatic N) is 1. The van der Waals surface area contributed by atoms with E-state index in [1.807, 2.05) is 35.8 Å². The van der Waals surface area contributed by atoms with Gasteiger partial charge < -0.3 is 10.5 Å². The molecule has 1 aromatic heterocycles. The molecular formula is C11H16N2OS2. The molecule has 2 unspecified atom stereocenters. The molecule has 0 aliphatic carbocycles. The van der Waals surface area contributed by atoms with Crippen LogP contribution in [-0.4, -0.2) is 34.6 Å². The minimum atomic E-state index is 0.0559. The Kier molecular flexibility index (Phi) is 4.37. The van der Waals surface area contributed by atoms with Gasteiger partial charge in [0.05, 0.1) is 13.3 Å². The fourth-order valence-electron chi connectivity index (χ4n) is 1.66. The lowest BCUT2D eigenvalue weighted by atomic mass is 10.1. The topological polar surface area (TPSA) is 48.1 Å². The molecular weight excluding hydrogens is 240 g/mol. The van der Waals surface area contributed by atoms with Gasteiger partial charge in [-0.2, -0.15) is 23.5 Å².